The van der Waals surface area contributed by atoms with E-state index in [2.05, 4.69) is 46.3 Å². The molecule has 1 saturated carbocycles. The Labute approximate surface area is 121 Å². The summed E-state index contributed by atoms with van der Waals surface area (Å²) in [7, 11) is 0. The van der Waals surface area contributed by atoms with Gasteiger partial charge in [-0.05, 0) is 55.0 Å². The molecule has 0 bridgehead atoms. The highest BCUT2D eigenvalue weighted by atomic mass is 15.0. The summed E-state index contributed by atoms with van der Waals surface area (Å²) in [5.41, 5.74) is 2.68. The summed E-state index contributed by atoms with van der Waals surface area (Å²) < 4.78 is 2.26. The van der Waals surface area contributed by atoms with Crippen molar-refractivity contribution in [3.63, 3.8) is 0 Å². The molecule has 1 unspecified atom stereocenters. The van der Waals surface area contributed by atoms with Crippen molar-refractivity contribution in [1.82, 2.24) is 14.9 Å². The second-order valence-electron chi connectivity index (χ2n) is 5.75. The second-order valence-corrected chi connectivity index (χ2v) is 5.75. The molecule has 1 aliphatic carbocycles. The smallest absolute Gasteiger partial charge is 0.0485 e. The molecule has 0 aromatic carbocycles. The second kappa shape index (κ2) is 6.23. The van der Waals surface area contributed by atoms with Crippen molar-refractivity contribution in [1.29, 1.82) is 0 Å². The molecule has 2 aromatic heterocycles. The van der Waals surface area contributed by atoms with Gasteiger partial charge in [0.1, 0.15) is 0 Å². The van der Waals surface area contributed by atoms with Crippen molar-refractivity contribution in [2.24, 2.45) is 5.92 Å². The van der Waals surface area contributed by atoms with Gasteiger partial charge in [-0.1, -0.05) is 13.0 Å². The normalized spacial score (nSPS) is 16.2. The molecule has 0 radical (unpaired) electrons. The topological polar surface area (TPSA) is 29.9 Å². The number of aromatic nitrogens is 2. The molecule has 2 aromatic rings. The monoisotopic (exact) mass is 269 g/mol. The van der Waals surface area contributed by atoms with E-state index in [1.807, 2.05) is 18.5 Å². The van der Waals surface area contributed by atoms with Crippen LogP contribution in [0.25, 0.3) is 0 Å². The first-order valence-electron chi connectivity index (χ1n) is 7.65. The fraction of sp³-hybridized carbons (Fsp3) is 0.471. The van der Waals surface area contributed by atoms with E-state index in [4.69, 9.17) is 0 Å². The minimum Gasteiger partial charge on any atom is -0.350 e. The molecule has 0 spiro atoms. The van der Waals surface area contributed by atoms with E-state index in [9.17, 15) is 0 Å². The van der Waals surface area contributed by atoms with Crippen LogP contribution in [0, 0.1) is 5.92 Å². The van der Waals surface area contributed by atoms with Crippen LogP contribution < -0.4 is 5.32 Å². The van der Waals surface area contributed by atoms with Crippen molar-refractivity contribution >= 4 is 0 Å². The lowest BCUT2D eigenvalue weighted by Crippen LogP contribution is -2.23. The third kappa shape index (κ3) is 3.28. The van der Waals surface area contributed by atoms with Crippen LogP contribution in [0.15, 0.2) is 43.0 Å². The Morgan fingerprint density at radius 1 is 1.40 bits per heavy atom. The lowest BCUT2D eigenvalue weighted by Gasteiger charge is -2.16. The first kappa shape index (κ1) is 13.4. The fourth-order valence-electron chi connectivity index (χ4n) is 2.73. The molecule has 1 atom stereocenters. The van der Waals surface area contributed by atoms with E-state index in [-0.39, 0.29) is 0 Å². The fourth-order valence-corrected chi connectivity index (χ4v) is 2.73. The average Bonchev–Trinajstić information content (AvgIpc) is 3.21. The van der Waals surface area contributed by atoms with Gasteiger partial charge in [0, 0.05) is 37.4 Å². The van der Waals surface area contributed by atoms with Crippen molar-refractivity contribution in [2.75, 3.05) is 6.54 Å². The molecular formula is C17H23N3. The van der Waals surface area contributed by atoms with Gasteiger partial charge in [-0.25, -0.2) is 0 Å². The molecule has 3 heteroatoms. The molecule has 1 fully saturated rings. The summed E-state index contributed by atoms with van der Waals surface area (Å²) in [6.45, 7) is 4.23. The maximum Gasteiger partial charge on any atom is 0.0485 e. The Morgan fingerprint density at radius 3 is 3.00 bits per heavy atom. The lowest BCUT2D eigenvalue weighted by atomic mass is 10.1. The van der Waals surface area contributed by atoms with Crippen LogP contribution in [-0.4, -0.2) is 16.1 Å². The Balaban J connectivity index is 1.68. The van der Waals surface area contributed by atoms with Gasteiger partial charge in [-0.3, -0.25) is 4.98 Å². The van der Waals surface area contributed by atoms with Gasteiger partial charge >= 0.3 is 0 Å². The highest BCUT2D eigenvalue weighted by Crippen LogP contribution is 2.41. The zero-order valence-corrected chi connectivity index (χ0v) is 12.1. The van der Waals surface area contributed by atoms with Gasteiger partial charge < -0.3 is 9.88 Å². The van der Waals surface area contributed by atoms with Gasteiger partial charge in [0.2, 0.25) is 0 Å². The summed E-state index contributed by atoms with van der Waals surface area (Å²) in [5, 5.41) is 3.70. The molecule has 106 valence electrons. The molecule has 20 heavy (non-hydrogen) atoms. The number of nitrogens with zero attached hydrogens (tertiary/aromatic N) is 2. The zero-order valence-electron chi connectivity index (χ0n) is 12.1. The average molecular weight is 269 g/mol. The minimum atomic E-state index is 0.546. The van der Waals surface area contributed by atoms with Gasteiger partial charge in [0.05, 0.1) is 0 Å². The molecule has 1 aliphatic rings. The third-order valence-corrected chi connectivity index (χ3v) is 3.93. The first-order valence-corrected chi connectivity index (χ1v) is 7.65. The summed E-state index contributed by atoms with van der Waals surface area (Å²) in [5.74, 6) is 0.843. The summed E-state index contributed by atoms with van der Waals surface area (Å²) in [6, 6.07) is 6.93. The van der Waals surface area contributed by atoms with Gasteiger partial charge in [0.15, 0.2) is 0 Å². The highest BCUT2D eigenvalue weighted by Gasteiger charge is 2.32. The van der Waals surface area contributed by atoms with Crippen molar-refractivity contribution in [3.8, 4) is 0 Å². The van der Waals surface area contributed by atoms with E-state index in [1.54, 1.807) is 0 Å². The molecule has 0 amide bonds. The maximum absolute atomic E-state index is 4.18. The quantitative estimate of drug-likeness (QED) is 0.835. The van der Waals surface area contributed by atoms with Crippen LogP contribution in [0.5, 0.6) is 0 Å². The van der Waals surface area contributed by atoms with Gasteiger partial charge in [-0.2, -0.15) is 0 Å². The van der Waals surface area contributed by atoms with E-state index in [0.29, 0.717) is 6.04 Å². The molecule has 3 nitrogen and oxygen atoms in total. The standard InChI is InChI=1S/C17H23N3/c1-2-8-19-17(15-5-6-15)16-7-10-20(13-16)12-14-4-3-9-18-11-14/h3-4,7,9-11,13,15,17,19H,2,5-6,8,12H2,1H3. The predicted molar refractivity (Wildman–Crippen MR) is 81.5 cm³/mol. The number of rotatable bonds is 7. The van der Waals surface area contributed by atoms with Crippen LogP contribution >= 0.6 is 0 Å². The number of pyridine rings is 1. The predicted octanol–water partition coefficient (Wildman–Crippen LogP) is 3.38. The lowest BCUT2D eigenvalue weighted by molar-refractivity contribution is 0.480. The van der Waals surface area contributed by atoms with Crippen molar-refractivity contribution < 1.29 is 0 Å². The molecule has 0 saturated heterocycles. The van der Waals surface area contributed by atoms with Crippen LogP contribution in [0.1, 0.15) is 43.4 Å². The van der Waals surface area contributed by atoms with Crippen LogP contribution in [0.2, 0.25) is 0 Å². The summed E-state index contributed by atoms with van der Waals surface area (Å²) >= 11 is 0. The zero-order chi connectivity index (χ0) is 13.8. The Bertz CT molecular complexity index is 528. The highest BCUT2D eigenvalue weighted by molar-refractivity contribution is 5.20. The third-order valence-electron chi connectivity index (χ3n) is 3.93. The molecular weight excluding hydrogens is 246 g/mol. The SMILES string of the molecule is CCCNC(c1ccn(Cc2cccnc2)c1)C1CC1. The van der Waals surface area contributed by atoms with E-state index >= 15 is 0 Å². The molecule has 0 aliphatic heterocycles. The van der Waals surface area contributed by atoms with E-state index in [0.717, 1.165) is 19.0 Å². The van der Waals surface area contributed by atoms with Crippen molar-refractivity contribution in [2.45, 2.75) is 38.8 Å². The van der Waals surface area contributed by atoms with Crippen LogP contribution in [-0.2, 0) is 6.54 Å². The Morgan fingerprint density at radius 2 is 2.30 bits per heavy atom. The number of hydrogen-bond donors (Lipinski definition) is 1. The van der Waals surface area contributed by atoms with E-state index < -0.39 is 0 Å². The number of hydrogen-bond acceptors (Lipinski definition) is 2. The Kier molecular flexibility index (Phi) is 4.16. The van der Waals surface area contributed by atoms with E-state index in [1.165, 1.54) is 30.4 Å². The molecule has 1 N–H and O–H groups in total. The van der Waals surface area contributed by atoms with Crippen LogP contribution in [0.3, 0.4) is 0 Å². The Hall–Kier alpha value is -1.61. The van der Waals surface area contributed by atoms with Gasteiger partial charge in [0.25, 0.3) is 0 Å². The van der Waals surface area contributed by atoms with Crippen LogP contribution in [0.4, 0.5) is 0 Å². The largest absolute Gasteiger partial charge is 0.350 e. The summed E-state index contributed by atoms with van der Waals surface area (Å²) in [6.07, 6.45) is 12.2. The number of nitrogens with one attached hydrogen (secondary N) is 1. The minimum absolute atomic E-state index is 0.546. The first-order chi connectivity index (χ1) is 9.86. The van der Waals surface area contributed by atoms with Gasteiger partial charge in [-0.15, -0.1) is 0 Å². The van der Waals surface area contributed by atoms with Crippen molar-refractivity contribution in [3.05, 3.63) is 54.1 Å². The maximum atomic E-state index is 4.18. The summed E-state index contributed by atoms with van der Waals surface area (Å²) in [4.78, 5) is 4.18. The molecule has 2 heterocycles. The molecule has 3 rings (SSSR count).